The smallest absolute Gasteiger partial charge is 0.360 e. The zero-order chi connectivity index (χ0) is 14.0. The average molecular weight is 262 g/mol. The van der Waals surface area contributed by atoms with E-state index in [1.165, 1.54) is 10.9 Å². The van der Waals surface area contributed by atoms with Gasteiger partial charge in [-0.05, 0) is 38.1 Å². The van der Waals surface area contributed by atoms with Crippen molar-refractivity contribution in [3.8, 4) is 17.2 Å². The highest BCUT2D eigenvalue weighted by atomic mass is 16.5. The van der Waals surface area contributed by atoms with Gasteiger partial charge in [0, 0.05) is 0 Å². The number of carboxylic acid groups (broad SMARTS) is 1. The Labute approximate surface area is 109 Å². The molecule has 0 atom stereocenters. The van der Waals surface area contributed by atoms with Gasteiger partial charge in [-0.1, -0.05) is 0 Å². The fraction of sp³-hybridized carbons (Fsp3) is 0.231. The summed E-state index contributed by atoms with van der Waals surface area (Å²) < 4.78 is 6.80. The maximum atomic E-state index is 10.8. The van der Waals surface area contributed by atoms with Gasteiger partial charge >= 0.3 is 5.97 Å². The summed E-state index contributed by atoms with van der Waals surface area (Å²) in [6.07, 6.45) is 1.33. The Morgan fingerprint density at radius 1 is 1.32 bits per heavy atom. The third kappa shape index (κ3) is 2.85. The van der Waals surface area contributed by atoms with Crippen LogP contribution in [0, 0.1) is 0 Å². The summed E-state index contributed by atoms with van der Waals surface area (Å²) in [5.41, 5.74) is 0.265. The molecule has 0 amide bonds. The molecule has 0 spiro atoms. The Morgan fingerprint density at radius 2 is 1.95 bits per heavy atom. The summed E-state index contributed by atoms with van der Waals surface area (Å²) in [6.45, 7) is 3.86. The number of aromatic carboxylic acids is 1. The molecule has 0 bridgehead atoms. The van der Waals surface area contributed by atoms with E-state index >= 15 is 0 Å². The fourth-order valence-electron chi connectivity index (χ4n) is 1.60. The van der Waals surface area contributed by atoms with E-state index in [9.17, 15) is 9.90 Å². The van der Waals surface area contributed by atoms with Crippen LogP contribution in [0.15, 0.2) is 30.5 Å². The molecule has 6 heteroatoms. The van der Waals surface area contributed by atoms with Crippen LogP contribution < -0.4 is 4.74 Å². The van der Waals surface area contributed by atoms with Crippen LogP contribution in [0.3, 0.4) is 0 Å². The lowest BCUT2D eigenvalue weighted by atomic mass is 10.3. The molecule has 0 fully saturated rings. The highest BCUT2D eigenvalue weighted by Gasteiger charge is 2.15. The van der Waals surface area contributed by atoms with E-state index in [1.54, 1.807) is 24.3 Å². The van der Waals surface area contributed by atoms with E-state index in [1.807, 2.05) is 13.8 Å². The zero-order valence-electron chi connectivity index (χ0n) is 10.6. The largest absolute Gasteiger partial charge is 0.504 e. The van der Waals surface area contributed by atoms with Crippen molar-refractivity contribution in [2.75, 3.05) is 0 Å². The second kappa shape index (κ2) is 5.01. The van der Waals surface area contributed by atoms with E-state index in [0.29, 0.717) is 11.4 Å². The predicted octanol–water partition coefficient (Wildman–Crippen LogP) is 2.06. The zero-order valence-corrected chi connectivity index (χ0v) is 10.6. The molecule has 100 valence electrons. The van der Waals surface area contributed by atoms with Gasteiger partial charge in [0.2, 0.25) is 5.69 Å². The van der Waals surface area contributed by atoms with Crippen LogP contribution in [0.4, 0.5) is 0 Å². The van der Waals surface area contributed by atoms with E-state index in [0.717, 1.165) is 0 Å². The van der Waals surface area contributed by atoms with E-state index in [2.05, 4.69) is 5.10 Å². The number of carboxylic acids is 1. The summed E-state index contributed by atoms with van der Waals surface area (Å²) in [5.74, 6) is -0.917. The molecule has 2 aromatic rings. The third-order valence-electron chi connectivity index (χ3n) is 2.37. The maximum absolute atomic E-state index is 10.8. The summed E-state index contributed by atoms with van der Waals surface area (Å²) in [7, 11) is 0. The number of rotatable bonds is 4. The molecule has 0 aliphatic carbocycles. The minimum absolute atomic E-state index is 0.0817. The summed E-state index contributed by atoms with van der Waals surface area (Å²) in [5, 5.41) is 22.1. The van der Waals surface area contributed by atoms with Gasteiger partial charge in [-0.3, -0.25) is 0 Å². The van der Waals surface area contributed by atoms with Crippen molar-refractivity contribution >= 4 is 5.97 Å². The molecule has 0 aliphatic rings. The molecule has 1 aromatic carbocycles. The molecule has 1 aromatic heterocycles. The van der Waals surface area contributed by atoms with Crippen LogP contribution >= 0.6 is 0 Å². The van der Waals surface area contributed by atoms with Gasteiger partial charge in [0.25, 0.3) is 0 Å². The molecule has 0 unspecified atom stereocenters. The van der Waals surface area contributed by atoms with Gasteiger partial charge < -0.3 is 14.9 Å². The Morgan fingerprint density at radius 3 is 2.42 bits per heavy atom. The highest BCUT2D eigenvalue weighted by molar-refractivity contribution is 5.88. The van der Waals surface area contributed by atoms with Crippen molar-refractivity contribution in [1.82, 2.24) is 9.78 Å². The van der Waals surface area contributed by atoms with Crippen LogP contribution in [-0.4, -0.2) is 32.1 Å². The summed E-state index contributed by atoms with van der Waals surface area (Å²) in [6, 6.07) is 6.98. The number of nitrogens with zero attached hydrogens (tertiary/aromatic N) is 2. The predicted molar refractivity (Wildman–Crippen MR) is 68.0 cm³/mol. The quantitative estimate of drug-likeness (QED) is 0.881. The molecule has 2 rings (SSSR count). The number of carbonyl (C=O) groups is 1. The van der Waals surface area contributed by atoms with Crippen molar-refractivity contribution < 1.29 is 19.7 Å². The number of hydrogen-bond donors (Lipinski definition) is 2. The monoisotopic (exact) mass is 262 g/mol. The van der Waals surface area contributed by atoms with E-state index in [4.69, 9.17) is 9.84 Å². The van der Waals surface area contributed by atoms with Crippen molar-refractivity contribution in [3.63, 3.8) is 0 Å². The minimum Gasteiger partial charge on any atom is -0.504 e. The van der Waals surface area contributed by atoms with Gasteiger partial charge in [0.15, 0.2) is 5.75 Å². The second-order valence-corrected chi connectivity index (χ2v) is 4.27. The van der Waals surface area contributed by atoms with Crippen LogP contribution in [0.25, 0.3) is 5.69 Å². The molecular weight excluding hydrogens is 248 g/mol. The Kier molecular flexibility index (Phi) is 3.41. The van der Waals surface area contributed by atoms with Gasteiger partial charge in [-0.2, -0.15) is 5.10 Å². The molecular formula is C13H14N2O4. The molecule has 0 saturated carbocycles. The van der Waals surface area contributed by atoms with Gasteiger partial charge in [0.1, 0.15) is 5.75 Å². The van der Waals surface area contributed by atoms with Crippen molar-refractivity contribution in [3.05, 3.63) is 36.2 Å². The Balaban J connectivity index is 2.27. The number of aromatic nitrogens is 2. The van der Waals surface area contributed by atoms with Gasteiger partial charge in [-0.15, -0.1) is 0 Å². The number of hydrogen-bond acceptors (Lipinski definition) is 4. The number of aromatic hydroxyl groups is 1. The number of ether oxygens (including phenoxy) is 1. The first kappa shape index (κ1) is 12.9. The molecule has 0 radical (unpaired) electrons. The van der Waals surface area contributed by atoms with Crippen LogP contribution in [0.5, 0.6) is 11.5 Å². The van der Waals surface area contributed by atoms with E-state index < -0.39 is 5.97 Å². The van der Waals surface area contributed by atoms with Crippen LogP contribution in [0.2, 0.25) is 0 Å². The van der Waals surface area contributed by atoms with Crippen molar-refractivity contribution in [2.24, 2.45) is 0 Å². The van der Waals surface area contributed by atoms with Crippen molar-refractivity contribution in [2.45, 2.75) is 20.0 Å². The normalized spacial score (nSPS) is 10.7. The SMILES string of the molecule is CC(C)Oc1ccc(-n2cc(O)c(C(=O)O)n2)cc1. The fourth-order valence-corrected chi connectivity index (χ4v) is 1.60. The third-order valence-corrected chi connectivity index (χ3v) is 2.37. The lowest BCUT2D eigenvalue weighted by molar-refractivity contribution is 0.0687. The average Bonchev–Trinajstić information content (AvgIpc) is 2.71. The topological polar surface area (TPSA) is 84.6 Å². The first-order valence-corrected chi connectivity index (χ1v) is 5.76. The van der Waals surface area contributed by atoms with E-state index in [-0.39, 0.29) is 17.5 Å². The molecule has 6 nitrogen and oxygen atoms in total. The lowest BCUT2D eigenvalue weighted by Crippen LogP contribution is -2.05. The molecule has 0 aliphatic heterocycles. The van der Waals surface area contributed by atoms with Crippen LogP contribution in [-0.2, 0) is 0 Å². The second-order valence-electron chi connectivity index (χ2n) is 4.27. The molecule has 19 heavy (non-hydrogen) atoms. The molecule has 0 saturated heterocycles. The Bertz CT molecular complexity index is 587. The number of benzene rings is 1. The van der Waals surface area contributed by atoms with Gasteiger partial charge in [0.05, 0.1) is 18.0 Å². The summed E-state index contributed by atoms with van der Waals surface area (Å²) in [4.78, 5) is 10.8. The van der Waals surface area contributed by atoms with Crippen LogP contribution in [0.1, 0.15) is 24.3 Å². The minimum atomic E-state index is -1.27. The maximum Gasteiger partial charge on any atom is 0.360 e. The molecule has 2 N–H and O–H groups in total. The van der Waals surface area contributed by atoms with Gasteiger partial charge in [-0.25, -0.2) is 9.48 Å². The standard InChI is InChI=1S/C13H14N2O4/c1-8(2)19-10-5-3-9(4-6-10)15-7-11(16)12(14-15)13(17)18/h3-8,16H,1-2H3,(H,17,18). The first-order chi connectivity index (χ1) is 8.97. The highest BCUT2D eigenvalue weighted by Crippen LogP contribution is 2.20. The lowest BCUT2D eigenvalue weighted by Gasteiger charge is -2.09. The van der Waals surface area contributed by atoms with Crippen molar-refractivity contribution in [1.29, 1.82) is 0 Å². The summed E-state index contributed by atoms with van der Waals surface area (Å²) >= 11 is 0. The molecule has 1 heterocycles. The Hall–Kier alpha value is -2.50. The first-order valence-electron chi connectivity index (χ1n) is 5.76.